The average molecular weight is 380 g/mol. The predicted molar refractivity (Wildman–Crippen MR) is 104 cm³/mol. The van der Waals surface area contributed by atoms with Crippen LogP contribution in [0.2, 0.25) is 5.02 Å². The summed E-state index contributed by atoms with van der Waals surface area (Å²) in [6, 6.07) is 8.39. The van der Waals surface area contributed by atoms with E-state index in [4.69, 9.17) is 11.6 Å². The van der Waals surface area contributed by atoms with Gasteiger partial charge in [-0.2, -0.15) is 0 Å². The van der Waals surface area contributed by atoms with E-state index in [-0.39, 0.29) is 12.6 Å². The van der Waals surface area contributed by atoms with Crippen molar-refractivity contribution in [3.8, 4) is 0 Å². The number of benzene rings is 1. The zero-order valence-electron chi connectivity index (χ0n) is 15.4. The molecule has 0 bridgehead atoms. The number of hydrogen-bond acceptors (Lipinski definition) is 3. The molecular weight excluding hydrogens is 350 g/mol. The smallest absolute Gasteiger partial charge is 0.317 e. The van der Waals surface area contributed by atoms with Crippen molar-refractivity contribution in [1.29, 1.82) is 0 Å². The van der Waals surface area contributed by atoms with Gasteiger partial charge in [0.05, 0.1) is 6.61 Å². The van der Waals surface area contributed by atoms with Crippen molar-refractivity contribution >= 4 is 17.6 Å². The van der Waals surface area contributed by atoms with Gasteiger partial charge in [0, 0.05) is 36.7 Å². The largest absolute Gasteiger partial charge is 0.395 e. The molecule has 1 heterocycles. The van der Waals surface area contributed by atoms with E-state index in [0.29, 0.717) is 30.2 Å². The molecule has 1 atom stereocenters. The molecule has 144 valence electrons. The number of piperidine rings is 1. The van der Waals surface area contributed by atoms with Gasteiger partial charge < -0.3 is 15.3 Å². The maximum atomic E-state index is 12.6. The van der Waals surface area contributed by atoms with Gasteiger partial charge in [-0.05, 0) is 56.3 Å². The van der Waals surface area contributed by atoms with Crippen LogP contribution < -0.4 is 5.32 Å². The lowest BCUT2D eigenvalue weighted by molar-refractivity contribution is 0.0892. The molecule has 1 aliphatic heterocycles. The molecule has 1 aliphatic carbocycles. The number of nitrogens with one attached hydrogen (secondary N) is 1. The average Bonchev–Trinajstić information content (AvgIpc) is 3.48. The zero-order chi connectivity index (χ0) is 18.4. The molecule has 26 heavy (non-hydrogen) atoms. The number of hydrogen-bond donors (Lipinski definition) is 2. The molecular formula is C20H30ClN3O2. The number of nitrogens with zero attached hydrogens (tertiary/aromatic N) is 2. The molecule has 2 amide bonds. The van der Waals surface area contributed by atoms with Gasteiger partial charge in [0.25, 0.3) is 0 Å². The Morgan fingerprint density at radius 1 is 1.31 bits per heavy atom. The highest BCUT2D eigenvalue weighted by Gasteiger charge is 2.32. The molecule has 3 rings (SSSR count). The molecule has 1 saturated heterocycles. The summed E-state index contributed by atoms with van der Waals surface area (Å²) in [4.78, 5) is 16.9. The first kappa shape index (κ1) is 19.5. The Balaban J connectivity index is 1.43. The van der Waals surface area contributed by atoms with E-state index in [2.05, 4.69) is 10.2 Å². The molecule has 0 aromatic heterocycles. The fourth-order valence-electron chi connectivity index (χ4n) is 3.73. The number of halogens is 1. The van der Waals surface area contributed by atoms with Crippen molar-refractivity contribution in [2.75, 3.05) is 26.2 Å². The van der Waals surface area contributed by atoms with E-state index >= 15 is 0 Å². The standard InChI is InChI=1S/C20H30ClN3O2/c21-17-6-3-5-16(13-17)14-24(18-8-9-18)20(26)22-10-4-12-23-11-2-1-7-19(23)15-25/h3,5-6,13,18-19,25H,1-2,4,7-12,14-15H2,(H,22,26)/t19-/m0/s1. The third-order valence-corrected chi connectivity index (χ3v) is 5.58. The van der Waals surface area contributed by atoms with E-state index < -0.39 is 0 Å². The highest BCUT2D eigenvalue weighted by Crippen LogP contribution is 2.28. The van der Waals surface area contributed by atoms with Gasteiger partial charge >= 0.3 is 6.03 Å². The Kier molecular flexibility index (Phi) is 7.17. The summed E-state index contributed by atoms with van der Waals surface area (Å²) in [5, 5.41) is 13.3. The van der Waals surface area contributed by atoms with Crippen LogP contribution in [0, 0.1) is 0 Å². The summed E-state index contributed by atoms with van der Waals surface area (Å²) in [6.45, 7) is 3.51. The Hall–Kier alpha value is -1.30. The van der Waals surface area contributed by atoms with Gasteiger partial charge in [-0.1, -0.05) is 30.2 Å². The van der Waals surface area contributed by atoms with E-state index in [1.807, 2.05) is 29.2 Å². The summed E-state index contributed by atoms with van der Waals surface area (Å²) in [5.41, 5.74) is 1.07. The highest BCUT2D eigenvalue weighted by molar-refractivity contribution is 6.30. The minimum atomic E-state index is 0.0184. The molecule has 1 saturated carbocycles. The van der Waals surface area contributed by atoms with Gasteiger partial charge in [-0.15, -0.1) is 0 Å². The Bertz CT molecular complexity index is 594. The normalized spacial score (nSPS) is 20.8. The topological polar surface area (TPSA) is 55.8 Å². The molecule has 5 nitrogen and oxygen atoms in total. The van der Waals surface area contributed by atoms with Crippen LogP contribution in [0.4, 0.5) is 4.79 Å². The lowest BCUT2D eigenvalue weighted by Crippen LogP contribution is -2.44. The molecule has 6 heteroatoms. The van der Waals surface area contributed by atoms with Crippen LogP contribution in [-0.2, 0) is 6.54 Å². The maximum Gasteiger partial charge on any atom is 0.317 e. The Morgan fingerprint density at radius 2 is 2.15 bits per heavy atom. The minimum Gasteiger partial charge on any atom is -0.395 e. The number of urea groups is 1. The van der Waals surface area contributed by atoms with Crippen LogP contribution in [0.15, 0.2) is 24.3 Å². The number of aliphatic hydroxyl groups excluding tert-OH is 1. The first-order valence-corrected chi connectivity index (χ1v) is 10.2. The van der Waals surface area contributed by atoms with Crippen LogP contribution in [0.5, 0.6) is 0 Å². The number of aliphatic hydroxyl groups is 1. The lowest BCUT2D eigenvalue weighted by Gasteiger charge is -2.34. The zero-order valence-corrected chi connectivity index (χ0v) is 16.1. The van der Waals surface area contributed by atoms with Gasteiger partial charge in [0.15, 0.2) is 0 Å². The van der Waals surface area contributed by atoms with Crippen molar-refractivity contribution in [2.45, 2.75) is 57.2 Å². The van der Waals surface area contributed by atoms with E-state index in [0.717, 1.165) is 44.3 Å². The number of rotatable bonds is 8. The quantitative estimate of drug-likeness (QED) is 0.682. The van der Waals surface area contributed by atoms with Crippen LogP contribution in [0.25, 0.3) is 0 Å². The van der Waals surface area contributed by atoms with Crippen molar-refractivity contribution in [3.05, 3.63) is 34.9 Å². The molecule has 2 aliphatic rings. The third kappa shape index (κ3) is 5.60. The molecule has 1 aromatic rings. The summed E-state index contributed by atoms with van der Waals surface area (Å²) in [6.07, 6.45) is 6.58. The van der Waals surface area contributed by atoms with Gasteiger partial charge in [0.2, 0.25) is 0 Å². The fraction of sp³-hybridized carbons (Fsp3) is 0.650. The molecule has 2 fully saturated rings. The second-order valence-corrected chi connectivity index (χ2v) is 7.88. The number of likely N-dealkylation sites (tertiary alicyclic amines) is 1. The molecule has 0 radical (unpaired) electrons. The summed E-state index contributed by atoms with van der Waals surface area (Å²) >= 11 is 6.06. The van der Waals surface area contributed by atoms with E-state index in [9.17, 15) is 9.90 Å². The van der Waals surface area contributed by atoms with E-state index in [1.165, 1.54) is 12.8 Å². The second-order valence-electron chi connectivity index (χ2n) is 7.44. The van der Waals surface area contributed by atoms with Gasteiger partial charge in [-0.25, -0.2) is 4.79 Å². The molecule has 0 unspecified atom stereocenters. The van der Waals surface area contributed by atoms with Crippen LogP contribution in [-0.4, -0.2) is 59.3 Å². The molecule has 2 N–H and O–H groups in total. The van der Waals surface area contributed by atoms with Crippen molar-refractivity contribution in [1.82, 2.24) is 15.1 Å². The van der Waals surface area contributed by atoms with Crippen LogP contribution in [0.1, 0.15) is 44.1 Å². The van der Waals surface area contributed by atoms with E-state index in [1.54, 1.807) is 0 Å². The lowest BCUT2D eigenvalue weighted by atomic mass is 10.0. The van der Waals surface area contributed by atoms with Crippen molar-refractivity contribution in [3.63, 3.8) is 0 Å². The number of amides is 2. The SMILES string of the molecule is O=C(NCCCN1CCCC[C@H]1CO)N(Cc1cccc(Cl)c1)C1CC1. The van der Waals surface area contributed by atoms with Gasteiger partial charge in [-0.3, -0.25) is 4.90 Å². The number of carbonyl (C=O) groups is 1. The first-order chi connectivity index (χ1) is 12.7. The summed E-state index contributed by atoms with van der Waals surface area (Å²) in [7, 11) is 0. The molecule has 0 spiro atoms. The highest BCUT2D eigenvalue weighted by atomic mass is 35.5. The Labute approximate surface area is 161 Å². The van der Waals surface area contributed by atoms with Crippen LogP contribution in [0.3, 0.4) is 0 Å². The monoisotopic (exact) mass is 379 g/mol. The maximum absolute atomic E-state index is 12.6. The third-order valence-electron chi connectivity index (χ3n) is 5.35. The fourth-order valence-corrected chi connectivity index (χ4v) is 3.94. The Morgan fingerprint density at radius 3 is 2.88 bits per heavy atom. The van der Waals surface area contributed by atoms with Crippen molar-refractivity contribution in [2.24, 2.45) is 0 Å². The summed E-state index contributed by atoms with van der Waals surface area (Å²) in [5.74, 6) is 0. The van der Waals surface area contributed by atoms with Gasteiger partial charge in [0.1, 0.15) is 0 Å². The summed E-state index contributed by atoms with van der Waals surface area (Å²) < 4.78 is 0. The molecule has 1 aromatic carbocycles. The second kappa shape index (κ2) is 9.58. The van der Waals surface area contributed by atoms with Crippen LogP contribution >= 0.6 is 11.6 Å². The van der Waals surface area contributed by atoms with Crippen molar-refractivity contribution < 1.29 is 9.90 Å². The number of carbonyl (C=O) groups excluding carboxylic acids is 1. The predicted octanol–water partition coefficient (Wildman–Crippen LogP) is 3.25. The minimum absolute atomic E-state index is 0.0184. The first-order valence-electron chi connectivity index (χ1n) is 9.81.